The molecule has 0 aliphatic rings. The molecule has 4 rings (SSSR count). The third kappa shape index (κ3) is 12.2. The van der Waals surface area contributed by atoms with Gasteiger partial charge in [-0.15, -0.1) is 24.8 Å². The van der Waals surface area contributed by atoms with Crippen molar-refractivity contribution in [2.24, 2.45) is 11.5 Å². The fourth-order valence-corrected chi connectivity index (χ4v) is 5.70. The van der Waals surface area contributed by atoms with Crippen LogP contribution < -0.4 is 22.1 Å². The molecule has 2 heterocycles. The van der Waals surface area contributed by atoms with E-state index in [0.717, 1.165) is 48.8 Å². The van der Waals surface area contributed by atoms with Gasteiger partial charge in [0.05, 0.1) is 6.04 Å². The second-order valence-corrected chi connectivity index (χ2v) is 11.5. The average molecular weight is 632 g/mol. The molecule has 0 saturated heterocycles. The summed E-state index contributed by atoms with van der Waals surface area (Å²) < 4.78 is 0. The van der Waals surface area contributed by atoms with Gasteiger partial charge < -0.3 is 32.1 Å². The second kappa shape index (κ2) is 20.4. The van der Waals surface area contributed by atoms with Crippen LogP contribution in [0.1, 0.15) is 75.3 Å². The van der Waals surface area contributed by atoms with Crippen molar-refractivity contribution in [1.82, 2.24) is 20.6 Å². The van der Waals surface area contributed by atoms with Crippen LogP contribution in [0, 0.1) is 0 Å². The van der Waals surface area contributed by atoms with E-state index in [1.165, 1.54) is 67.8 Å². The zero-order chi connectivity index (χ0) is 28.7. The molecule has 43 heavy (non-hydrogen) atoms. The molecule has 8 N–H and O–H groups in total. The highest BCUT2D eigenvalue weighted by molar-refractivity contribution is 5.86. The number of rotatable bonds is 20. The number of benzene rings is 2. The fourth-order valence-electron chi connectivity index (χ4n) is 5.70. The molecule has 0 bridgehead atoms. The van der Waals surface area contributed by atoms with Crippen LogP contribution in [0.3, 0.4) is 0 Å². The summed E-state index contributed by atoms with van der Waals surface area (Å²) >= 11 is 0. The number of aromatic nitrogens is 2. The van der Waals surface area contributed by atoms with E-state index in [0.29, 0.717) is 13.0 Å². The van der Waals surface area contributed by atoms with Crippen LogP contribution in [0.2, 0.25) is 0 Å². The van der Waals surface area contributed by atoms with Crippen molar-refractivity contribution in [2.75, 3.05) is 19.6 Å². The van der Waals surface area contributed by atoms with Crippen LogP contribution >= 0.6 is 24.8 Å². The van der Waals surface area contributed by atoms with E-state index in [-0.39, 0.29) is 36.8 Å². The lowest BCUT2D eigenvalue weighted by Crippen LogP contribution is -2.42. The van der Waals surface area contributed by atoms with E-state index in [1.54, 1.807) is 0 Å². The quantitative estimate of drug-likeness (QED) is 0.0620. The van der Waals surface area contributed by atoms with E-state index < -0.39 is 6.04 Å². The number of carbonyl (C=O) groups is 1. The van der Waals surface area contributed by atoms with Gasteiger partial charge in [0, 0.05) is 53.3 Å². The van der Waals surface area contributed by atoms with E-state index >= 15 is 0 Å². The molecule has 2 aromatic heterocycles. The number of hydrogen-bond acceptors (Lipinski definition) is 4. The normalized spacial score (nSPS) is 12.5. The van der Waals surface area contributed by atoms with Crippen molar-refractivity contribution in [3.05, 3.63) is 72.1 Å². The SMILES string of the molecule is Cl.Cl.N[C@@H](CNCCCCCCCCCCCCNC(=O)[C@@H](N)Cc1c[nH]c2ccccc12)Cc1c[nH]c2ccccc12. The molecule has 0 unspecified atom stereocenters. The maximum absolute atomic E-state index is 12.4. The minimum absolute atomic E-state index is 0. The molecule has 7 nitrogen and oxygen atoms in total. The Morgan fingerprint density at radius 3 is 1.67 bits per heavy atom. The first-order valence-electron chi connectivity index (χ1n) is 15.7. The molecule has 0 radical (unpaired) electrons. The van der Waals surface area contributed by atoms with Crippen LogP contribution in [-0.4, -0.2) is 47.6 Å². The zero-order valence-corrected chi connectivity index (χ0v) is 27.0. The Morgan fingerprint density at radius 1 is 0.651 bits per heavy atom. The molecule has 2 aromatic carbocycles. The van der Waals surface area contributed by atoms with Gasteiger partial charge in [0.25, 0.3) is 0 Å². The summed E-state index contributed by atoms with van der Waals surface area (Å²) in [5, 5.41) is 8.98. The lowest BCUT2D eigenvalue weighted by molar-refractivity contribution is -0.122. The Hall–Kier alpha value is -2.55. The van der Waals surface area contributed by atoms with Crippen LogP contribution in [-0.2, 0) is 17.6 Å². The van der Waals surface area contributed by atoms with E-state index in [9.17, 15) is 4.79 Å². The number of amides is 1. The summed E-state index contributed by atoms with van der Waals surface area (Å²) in [5.41, 5.74) is 17.2. The van der Waals surface area contributed by atoms with Gasteiger partial charge in [0.15, 0.2) is 0 Å². The predicted molar refractivity (Wildman–Crippen MR) is 187 cm³/mol. The summed E-state index contributed by atoms with van der Waals surface area (Å²) in [4.78, 5) is 19.0. The topological polar surface area (TPSA) is 125 Å². The van der Waals surface area contributed by atoms with Gasteiger partial charge in [-0.3, -0.25) is 4.79 Å². The minimum Gasteiger partial charge on any atom is -0.361 e. The summed E-state index contributed by atoms with van der Waals surface area (Å²) in [6.45, 7) is 2.62. The zero-order valence-electron chi connectivity index (χ0n) is 25.4. The average Bonchev–Trinajstić information content (AvgIpc) is 3.59. The third-order valence-electron chi connectivity index (χ3n) is 8.09. The van der Waals surface area contributed by atoms with Crippen molar-refractivity contribution in [1.29, 1.82) is 0 Å². The molecule has 1 amide bonds. The van der Waals surface area contributed by atoms with Crippen LogP contribution in [0.15, 0.2) is 60.9 Å². The lowest BCUT2D eigenvalue weighted by atomic mass is 10.0. The van der Waals surface area contributed by atoms with E-state index in [1.807, 2.05) is 24.4 Å². The number of hydrogen-bond donors (Lipinski definition) is 6. The number of unbranched alkanes of at least 4 members (excludes halogenated alkanes) is 9. The van der Waals surface area contributed by atoms with Crippen molar-refractivity contribution < 1.29 is 4.79 Å². The van der Waals surface area contributed by atoms with Crippen molar-refractivity contribution in [2.45, 2.75) is 89.1 Å². The maximum Gasteiger partial charge on any atom is 0.237 e. The molecule has 0 saturated carbocycles. The van der Waals surface area contributed by atoms with Crippen molar-refractivity contribution in [3.63, 3.8) is 0 Å². The molecular weight excluding hydrogens is 579 g/mol. The molecule has 0 aliphatic carbocycles. The van der Waals surface area contributed by atoms with Crippen molar-refractivity contribution in [3.8, 4) is 0 Å². The Labute approximate surface area is 269 Å². The third-order valence-corrected chi connectivity index (χ3v) is 8.09. The monoisotopic (exact) mass is 630 g/mol. The van der Waals surface area contributed by atoms with Gasteiger partial charge in [-0.2, -0.15) is 0 Å². The van der Waals surface area contributed by atoms with Gasteiger partial charge in [-0.05, 0) is 55.5 Å². The standard InChI is InChI=1S/C34H50N6O.2ClH/c35-28(21-26-23-39-32-17-11-9-15-29(26)32)25-37-19-13-7-5-3-1-2-4-6-8-14-20-38-34(41)31(36)22-27-24-40-33-18-12-10-16-30(27)33;;/h9-12,15-18,23-24,28,31,37,39-40H,1-8,13-14,19-22,25,35-36H2,(H,38,41);2*1H/t28-,31+;;/m1../s1. The summed E-state index contributed by atoms with van der Waals surface area (Å²) in [6, 6.07) is 16.2. The van der Waals surface area contributed by atoms with Gasteiger partial charge in [-0.1, -0.05) is 87.8 Å². The summed E-state index contributed by atoms with van der Waals surface area (Å²) in [5.74, 6) is -0.0567. The second-order valence-electron chi connectivity index (χ2n) is 11.5. The van der Waals surface area contributed by atoms with Gasteiger partial charge >= 0.3 is 0 Å². The van der Waals surface area contributed by atoms with Gasteiger partial charge in [0.1, 0.15) is 0 Å². The van der Waals surface area contributed by atoms with E-state index in [4.69, 9.17) is 11.5 Å². The van der Waals surface area contributed by atoms with Crippen LogP contribution in [0.5, 0.6) is 0 Å². The van der Waals surface area contributed by atoms with E-state index in [2.05, 4.69) is 57.1 Å². The fraction of sp³-hybridized carbons (Fsp3) is 0.500. The highest BCUT2D eigenvalue weighted by atomic mass is 35.5. The first-order valence-corrected chi connectivity index (χ1v) is 15.7. The number of aromatic amines is 2. The summed E-state index contributed by atoms with van der Waals surface area (Å²) in [7, 11) is 0. The number of carbonyl (C=O) groups excluding carboxylic acids is 1. The molecule has 0 fully saturated rings. The number of H-pyrrole nitrogens is 2. The number of halogens is 2. The molecule has 0 spiro atoms. The molecule has 4 aromatic rings. The molecule has 2 atom stereocenters. The van der Waals surface area contributed by atoms with Crippen LogP contribution in [0.4, 0.5) is 0 Å². The Morgan fingerprint density at radius 2 is 1.12 bits per heavy atom. The maximum atomic E-state index is 12.4. The van der Waals surface area contributed by atoms with Crippen LogP contribution in [0.25, 0.3) is 21.8 Å². The Kier molecular flexibility index (Phi) is 17.4. The number of para-hydroxylation sites is 2. The predicted octanol–water partition coefficient (Wildman–Crippen LogP) is 6.54. The van der Waals surface area contributed by atoms with Crippen molar-refractivity contribution >= 4 is 52.5 Å². The Balaban J connectivity index is 0.00000323. The highest BCUT2D eigenvalue weighted by Gasteiger charge is 2.15. The molecular formula is C34H52Cl2N6O. The number of nitrogens with one attached hydrogen (secondary N) is 4. The largest absolute Gasteiger partial charge is 0.361 e. The highest BCUT2D eigenvalue weighted by Crippen LogP contribution is 2.20. The summed E-state index contributed by atoms with van der Waals surface area (Å²) in [6.07, 6.45) is 18.0. The first-order chi connectivity index (χ1) is 20.1. The Bertz CT molecular complexity index is 1320. The number of nitrogens with two attached hydrogens (primary N) is 2. The molecule has 0 aliphatic heterocycles. The number of fused-ring (bicyclic) bond motifs is 2. The molecule has 9 heteroatoms. The van der Waals surface area contributed by atoms with Gasteiger partial charge in [-0.25, -0.2) is 0 Å². The first kappa shape index (κ1) is 36.6. The minimum atomic E-state index is -0.515. The lowest BCUT2D eigenvalue weighted by Gasteiger charge is -2.12. The molecule has 238 valence electrons. The van der Waals surface area contributed by atoms with Gasteiger partial charge in [0.2, 0.25) is 5.91 Å². The smallest absolute Gasteiger partial charge is 0.237 e.